The van der Waals surface area contributed by atoms with Crippen LogP contribution in [0.25, 0.3) is 27.9 Å². The Morgan fingerprint density at radius 1 is 0.636 bits per heavy atom. The van der Waals surface area contributed by atoms with E-state index in [-0.39, 0.29) is 0 Å². The van der Waals surface area contributed by atoms with Crippen LogP contribution < -0.4 is 0 Å². The van der Waals surface area contributed by atoms with E-state index in [4.69, 9.17) is 0 Å². The standard InChI is InChI=1S/C13H9N.C8H8/c1-3-7-12-10(5-1)9-11-6-2-4-8-13(11)14-12;1-2-8-6-4-3-5-7-8/h1-9H;2-7H,1H2. The number of rotatable bonds is 1. The first-order valence-electron chi connectivity index (χ1n) is 7.29. The van der Waals surface area contributed by atoms with Gasteiger partial charge in [-0.3, -0.25) is 0 Å². The molecule has 0 saturated carbocycles. The van der Waals surface area contributed by atoms with Gasteiger partial charge in [0.25, 0.3) is 0 Å². The quantitative estimate of drug-likeness (QED) is 0.407. The molecule has 0 aliphatic heterocycles. The maximum atomic E-state index is 4.58. The van der Waals surface area contributed by atoms with Crippen LogP contribution in [0.3, 0.4) is 0 Å². The molecule has 1 aromatic heterocycles. The van der Waals surface area contributed by atoms with Gasteiger partial charge in [-0.15, -0.1) is 0 Å². The lowest BCUT2D eigenvalue weighted by Gasteiger charge is -1.99. The van der Waals surface area contributed by atoms with Crippen LogP contribution in [0.2, 0.25) is 0 Å². The lowest BCUT2D eigenvalue weighted by atomic mass is 10.1. The van der Waals surface area contributed by atoms with Crippen LogP contribution in [-0.4, -0.2) is 4.98 Å². The molecular formula is C21H17N. The minimum absolute atomic E-state index is 1.06. The van der Waals surface area contributed by atoms with Crippen LogP contribution in [0.4, 0.5) is 0 Å². The predicted molar refractivity (Wildman–Crippen MR) is 95.8 cm³/mol. The second-order valence-corrected chi connectivity index (χ2v) is 4.99. The van der Waals surface area contributed by atoms with Crippen molar-refractivity contribution in [2.24, 2.45) is 0 Å². The molecule has 0 amide bonds. The monoisotopic (exact) mass is 283 g/mol. The van der Waals surface area contributed by atoms with Crippen molar-refractivity contribution in [3.05, 3.63) is 97.1 Å². The lowest BCUT2D eigenvalue weighted by molar-refractivity contribution is 1.50. The molecule has 0 spiro atoms. The molecule has 4 aromatic rings. The Morgan fingerprint density at radius 2 is 1.14 bits per heavy atom. The van der Waals surface area contributed by atoms with E-state index in [9.17, 15) is 0 Å². The van der Waals surface area contributed by atoms with Gasteiger partial charge in [-0.05, 0) is 23.8 Å². The highest BCUT2D eigenvalue weighted by Gasteiger charge is 1.96. The second kappa shape index (κ2) is 6.68. The summed E-state index contributed by atoms with van der Waals surface area (Å²) >= 11 is 0. The SMILES string of the molecule is C=Cc1ccccc1.c1ccc2nc3ccccc3cc2c1. The first kappa shape index (κ1) is 14.0. The van der Waals surface area contributed by atoms with Gasteiger partial charge in [-0.1, -0.05) is 79.4 Å². The van der Waals surface area contributed by atoms with Gasteiger partial charge in [0.05, 0.1) is 11.0 Å². The molecule has 0 fully saturated rings. The van der Waals surface area contributed by atoms with E-state index in [1.807, 2.05) is 72.8 Å². The van der Waals surface area contributed by atoms with Crippen molar-refractivity contribution in [1.82, 2.24) is 4.98 Å². The van der Waals surface area contributed by atoms with Crippen molar-refractivity contribution < 1.29 is 0 Å². The zero-order valence-corrected chi connectivity index (χ0v) is 12.3. The Kier molecular flexibility index (Phi) is 4.26. The number of hydrogen-bond acceptors (Lipinski definition) is 1. The Bertz CT molecular complexity index is 790. The molecule has 0 N–H and O–H groups in total. The van der Waals surface area contributed by atoms with Crippen LogP contribution in [0, 0.1) is 0 Å². The third-order valence-corrected chi connectivity index (χ3v) is 3.46. The molecule has 1 heteroatoms. The fourth-order valence-electron chi connectivity index (χ4n) is 2.31. The minimum Gasteiger partial charge on any atom is -0.248 e. The van der Waals surface area contributed by atoms with E-state index in [0.717, 1.165) is 11.0 Å². The van der Waals surface area contributed by atoms with E-state index in [1.165, 1.54) is 16.3 Å². The smallest absolute Gasteiger partial charge is 0.0709 e. The average Bonchev–Trinajstić information content (AvgIpc) is 2.61. The van der Waals surface area contributed by atoms with Gasteiger partial charge in [-0.2, -0.15) is 0 Å². The molecule has 0 bridgehead atoms. The summed E-state index contributed by atoms with van der Waals surface area (Å²) in [5.41, 5.74) is 3.30. The van der Waals surface area contributed by atoms with Gasteiger partial charge in [0.1, 0.15) is 0 Å². The van der Waals surface area contributed by atoms with E-state index in [0.29, 0.717) is 0 Å². The first-order chi connectivity index (χ1) is 10.9. The number of pyridine rings is 1. The van der Waals surface area contributed by atoms with Crippen molar-refractivity contribution in [2.45, 2.75) is 0 Å². The number of aromatic nitrogens is 1. The Morgan fingerprint density at radius 3 is 1.64 bits per heavy atom. The maximum absolute atomic E-state index is 4.58. The molecule has 0 aliphatic carbocycles. The lowest BCUT2D eigenvalue weighted by Crippen LogP contribution is -1.80. The molecule has 22 heavy (non-hydrogen) atoms. The number of para-hydroxylation sites is 2. The highest BCUT2D eigenvalue weighted by molar-refractivity contribution is 5.92. The molecular weight excluding hydrogens is 266 g/mol. The molecule has 106 valence electrons. The van der Waals surface area contributed by atoms with Gasteiger partial charge in [0.15, 0.2) is 0 Å². The molecule has 3 aromatic carbocycles. The average molecular weight is 283 g/mol. The van der Waals surface area contributed by atoms with Crippen LogP contribution in [0.15, 0.2) is 91.5 Å². The highest BCUT2D eigenvalue weighted by Crippen LogP contribution is 2.18. The van der Waals surface area contributed by atoms with Crippen LogP contribution >= 0.6 is 0 Å². The highest BCUT2D eigenvalue weighted by atomic mass is 14.7. The molecule has 0 saturated heterocycles. The van der Waals surface area contributed by atoms with Crippen molar-refractivity contribution in [2.75, 3.05) is 0 Å². The molecule has 1 nitrogen and oxygen atoms in total. The van der Waals surface area contributed by atoms with Crippen molar-refractivity contribution in [3.63, 3.8) is 0 Å². The van der Waals surface area contributed by atoms with Gasteiger partial charge in [0, 0.05) is 10.8 Å². The van der Waals surface area contributed by atoms with Gasteiger partial charge >= 0.3 is 0 Å². The Hall–Kier alpha value is -2.93. The van der Waals surface area contributed by atoms with Crippen molar-refractivity contribution >= 4 is 27.9 Å². The van der Waals surface area contributed by atoms with E-state index < -0.39 is 0 Å². The van der Waals surface area contributed by atoms with E-state index in [1.54, 1.807) is 0 Å². The van der Waals surface area contributed by atoms with E-state index in [2.05, 4.69) is 29.8 Å². The summed E-state index contributed by atoms with van der Waals surface area (Å²) in [5.74, 6) is 0. The topological polar surface area (TPSA) is 12.9 Å². The molecule has 4 rings (SSSR count). The zero-order chi connectivity index (χ0) is 15.2. The fourth-order valence-corrected chi connectivity index (χ4v) is 2.31. The van der Waals surface area contributed by atoms with Crippen molar-refractivity contribution in [3.8, 4) is 0 Å². The number of benzene rings is 3. The normalized spacial score (nSPS) is 10.0. The summed E-state index contributed by atoms with van der Waals surface area (Å²) in [5, 5.41) is 2.40. The second-order valence-electron chi connectivity index (χ2n) is 4.99. The molecule has 0 unspecified atom stereocenters. The van der Waals surface area contributed by atoms with Crippen LogP contribution in [0.5, 0.6) is 0 Å². The first-order valence-corrected chi connectivity index (χ1v) is 7.29. The third-order valence-electron chi connectivity index (χ3n) is 3.46. The number of nitrogens with zero attached hydrogens (tertiary/aromatic N) is 1. The number of fused-ring (bicyclic) bond motifs is 2. The molecule has 1 heterocycles. The van der Waals surface area contributed by atoms with Gasteiger partial charge in [-0.25, -0.2) is 4.98 Å². The van der Waals surface area contributed by atoms with Crippen LogP contribution in [-0.2, 0) is 0 Å². The van der Waals surface area contributed by atoms with Crippen molar-refractivity contribution in [1.29, 1.82) is 0 Å². The summed E-state index contributed by atoms with van der Waals surface area (Å²) in [6.07, 6.45) is 1.83. The summed E-state index contributed by atoms with van der Waals surface area (Å²) < 4.78 is 0. The van der Waals surface area contributed by atoms with Crippen LogP contribution in [0.1, 0.15) is 5.56 Å². The fraction of sp³-hybridized carbons (Fsp3) is 0. The van der Waals surface area contributed by atoms with Gasteiger partial charge in [0.2, 0.25) is 0 Å². The van der Waals surface area contributed by atoms with Gasteiger partial charge < -0.3 is 0 Å². The predicted octanol–water partition coefficient (Wildman–Crippen LogP) is 5.72. The summed E-state index contributed by atoms with van der Waals surface area (Å²) in [4.78, 5) is 4.58. The van der Waals surface area contributed by atoms with E-state index >= 15 is 0 Å². The Balaban J connectivity index is 0.000000154. The molecule has 0 radical (unpaired) electrons. The third kappa shape index (κ3) is 3.21. The number of hydrogen-bond donors (Lipinski definition) is 0. The maximum Gasteiger partial charge on any atom is 0.0709 e. The Labute approximate surface area is 130 Å². The zero-order valence-electron chi connectivity index (χ0n) is 12.3. The summed E-state index contributed by atoms with van der Waals surface area (Å²) in [7, 11) is 0. The summed E-state index contributed by atoms with van der Waals surface area (Å²) in [6, 6.07) is 28.6. The molecule has 0 atom stereocenters. The largest absolute Gasteiger partial charge is 0.248 e. The minimum atomic E-state index is 1.06. The summed E-state index contributed by atoms with van der Waals surface area (Å²) in [6.45, 7) is 3.63. The molecule has 0 aliphatic rings.